The number of benzene rings is 2. The van der Waals surface area contributed by atoms with Gasteiger partial charge in [-0.2, -0.15) is 0 Å². The lowest BCUT2D eigenvalue weighted by atomic mass is 10.1. The molecule has 4 nitrogen and oxygen atoms in total. The summed E-state index contributed by atoms with van der Waals surface area (Å²) in [5.41, 5.74) is 10.6. The Kier molecular flexibility index (Phi) is 6.11. The Bertz CT molecular complexity index is 1050. The summed E-state index contributed by atoms with van der Waals surface area (Å²) < 4.78 is 19.8. The number of imidazole rings is 1. The highest BCUT2D eigenvalue weighted by atomic mass is 32.1. The molecule has 28 heavy (non-hydrogen) atoms. The van der Waals surface area contributed by atoms with Crippen LogP contribution in [0.15, 0.2) is 66.4 Å². The Morgan fingerprint density at radius 2 is 1.82 bits per heavy atom. The van der Waals surface area contributed by atoms with Gasteiger partial charge in [0.05, 0.1) is 24.8 Å². The van der Waals surface area contributed by atoms with E-state index in [1.54, 1.807) is 30.8 Å². The zero-order valence-corrected chi connectivity index (χ0v) is 16.8. The average Bonchev–Trinajstić information content (AvgIpc) is 3.31. The minimum absolute atomic E-state index is 0.184. The average molecular weight is 396 g/mol. The number of hydrogen-bond acceptors (Lipinski definition) is 4. The smallest absolute Gasteiger partial charge is 0.144 e. The van der Waals surface area contributed by atoms with Crippen LogP contribution < -0.4 is 10.5 Å². The van der Waals surface area contributed by atoms with E-state index < -0.39 is 0 Å². The summed E-state index contributed by atoms with van der Waals surface area (Å²) in [5, 5.41) is 2.05. The highest BCUT2D eigenvalue weighted by molar-refractivity contribution is 7.10. The van der Waals surface area contributed by atoms with Gasteiger partial charge < -0.3 is 15.0 Å². The summed E-state index contributed by atoms with van der Waals surface area (Å²) in [6.07, 6.45) is 3.69. The van der Waals surface area contributed by atoms with Crippen LogP contribution in [0.4, 0.5) is 10.1 Å². The molecule has 0 amide bonds. The van der Waals surface area contributed by atoms with Crippen molar-refractivity contribution in [3.05, 3.63) is 82.8 Å². The minimum atomic E-state index is -0.184. The second-order valence-corrected chi connectivity index (χ2v) is 7.37. The SMILES string of the molecule is COc1cc(N)ccc1-n1cnc(C)c1.Cc1sccc1-c1ccc(F)cc1. The Hall–Kier alpha value is -3.12. The number of methoxy groups -OCH3 is 1. The number of nitrogens with zero attached hydrogens (tertiary/aromatic N) is 2. The van der Waals surface area contributed by atoms with E-state index in [1.165, 1.54) is 22.6 Å². The van der Waals surface area contributed by atoms with E-state index in [-0.39, 0.29) is 5.82 Å². The fourth-order valence-corrected chi connectivity index (χ4v) is 3.50. The molecule has 2 heterocycles. The lowest BCUT2D eigenvalue weighted by molar-refractivity contribution is 0.413. The first kappa shape index (κ1) is 19.6. The summed E-state index contributed by atoms with van der Waals surface area (Å²) in [4.78, 5) is 5.44. The molecule has 0 spiro atoms. The number of aromatic nitrogens is 2. The van der Waals surface area contributed by atoms with Crippen LogP contribution in [-0.4, -0.2) is 16.7 Å². The molecule has 0 fully saturated rings. The summed E-state index contributed by atoms with van der Waals surface area (Å²) in [6.45, 7) is 4.02. The van der Waals surface area contributed by atoms with Crippen LogP contribution >= 0.6 is 11.3 Å². The van der Waals surface area contributed by atoms with Gasteiger partial charge in [-0.15, -0.1) is 11.3 Å². The molecule has 2 aromatic carbocycles. The second kappa shape index (κ2) is 8.71. The predicted molar refractivity (Wildman–Crippen MR) is 114 cm³/mol. The standard InChI is InChI=1S/C11H9FS.C11H13N3O/c1-8-11(6-7-13-8)9-2-4-10(12)5-3-9;1-8-6-14(7-13-8)10-4-3-9(12)5-11(10)15-2/h2-7H,1H3;3-7H,12H2,1-2H3. The lowest BCUT2D eigenvalue weighted by Gasteiger charge is -2.09. The number of nitrogen functional groups attached to an aromatic ring is 1. The van der Waals surface area contributed by atoms with Gasteiger partial charge in [0, 0.05) is 22.8 Å². The zero-order valence-electron chi connectivity index (χ0n) is 16.0. The van der Waals surface area contributed by atoms with Gasteiger partial charge in [0.15, 0.2) is 0 Å². The number of rotatable bonds is 3. The Balaban J connectivity index is 0.000000162. The first-order valence-electron chi connectivity index (χ1n) is 8.72. The minimum Gasteiger partial charge on any atom is -0.494 e. The molecule has 0 saturated heterocycles. The van der Waals surface area contributed by atoms with Crippen molar-refractivity contribution in [2.75, 3.05) is 12.8 Å². The van der Waals surface area contributed by atoms with E-state index in [0.29, 0.717) is 5.69 Å². The molecular formula is C22H22FN3OS. The largest absolute Gasteiger partial charge is 0.494 e. The predicted octanol–water partition coefficient (Wildman–Crippen LogP) is 5.63. The number of thiophene rings is 1. The molecule has 0 bridgehead atoms. The third-order valence-electron chi connectivity index (χ3n) is 4.21. The van der Waals surface area contributed by atoms with Gasteiger partial charge in [-0.3, -0.25) is 0 Å². The van der Waals surface area contributed by atoms with E-state index >= 15 is 0 Å². The summed E-state index contributed by atoms with van der Waals surface area (Å²) >= 11 is 1.71. The summed E-state index contributed by atoms with van der Waals surface area (Å²) in [7, 11) is 1.63. The van der Waals surface area contributed by atoms with Gasteiger partial charge in [-0.05, 0) is 60.7 Å². The van der Waals surface area contributed by atoms with Gasteiger partial charge in [0.2, 0.25) is 0 Å². The molecule has 2 N–H and O–H groups in total. The number of hydrogen-bond donors (Lipinski definition) is 1. The second-order valence-electron chi connectivity index (χ2n) is 6.25. The fourth-order valence-electron chi connectivity index (χ4n) is 2.77. The third-order valence-corrected chi connectivity index (χ3v) is 5.05. The van der Waals surface area contributed by atoms with E-state index in [4.69, 9.17) is 10.5 Å². The number of aryl methyl sites for hydroxylation is 2. The molecule has 6 heteroatoms. The molecule has 0 atom stereocenters. The quantitative estimate of drug-likeness (QED) is 0.457. The van der Waals surface area contributed by atoms with E-state index in [2.05, 4.69) is 18.0 Å². The van der Waals surface area contributed by atoms with Gasteiger partial charge in [-0.1, -0.05) is 12.1 Å². The molecule has 0 aliphatic heterocycles. The highest BCUT2D eigenvalue weighted by Gasteiger charge is 2.05. The molecule has 0 aliphatic carbocycles. The van der Waals surface area contributed by atoms with Crippen molar-refractivity contribution in [3.8, 4) is 22.6 Å². The van der Waals surface area contributed by atoms with Crippen molar-refractivity contribution in [1.82, 2.24) is 9.55 Å². The molecular weight excluding hydrogens is 373 g/mol. The van der Waals surface area contributed by atoms with E-state index in [9.17, 15) is 4.39 Å². The van der Waals surface area contributed by atoms with Crippen LogP contribution in [0.25, 0.3) is 16.8 Å². The van der Waals surface area contributed by atoms with Gasteiger partial charge in [0.1, 0.15) is 11.6 Å². The molecule has 0 unspecified atom stereocenters. The normalized spacial score (nSPS) is 10.3. The van der Waals surface area contributed by atoms with Gasteiger partial charge in [0.25, 0.3) is 0 Å². The maximum atomic E-state index is 12.6. The van der Waals surface area contributed by atoms with E-state index in [1.807, 2.05) is 47.3 Å². The summed E-state index contributed by atoms with van der Waals surface area (Å²) in [6, 6.07) is 14.2. The summed E-state index contributed by atoms with van der Waals surface area (Å²) in [5.74, 6) is 0.559. The molecule has 2 aromatic heterocycles. The van der Waals surface area contributed by atoms with Crippen LogP contribution in [0.2, 0.25) is 0 Å². The molecule has 0 saturated carbocycles. The number of ether oxygens (including phenoxy) is 1. The molecule has 0 radical (unpaired) electrons. The Labute approximate surface area is 168 Å². The molecule has 0 aliphatic rings. The first-order valence-corrected chi connectivity index (χ1v) is 9.60. The van der Waals surface area contributed by atoms with Gasteiger partial charge in [-0.25, -0.2) is 9.37 Å². The zero-order chi connectivity index (χ0) is 20.1. The van der Waals surface area contributed by atoms with Crippen molar-refractivity contribution in [2.24, 2.45) is 0 Å². The van der Waals surface area contributed by atoms with Crippen LogP contribution in [-0.2, 0) is 0 Å². The first-order chi connectivity index (χ1) is 13.5. The maximum absolute atomic E-state index is 12.6. The van der Waals surface area contributed by atoms with E-state index in [0.717, 1.165) is 22.7 Å². The monoisotopic (exact) mass is 395 g/mol. The van der Waals surface area contributed by atoms with Gasteiger partial charge >= 0.3 is 0 Å². The highest BCUT2D eigenvalue weighted by Crippen LogP contribution is 2.27. The van der Waals surface area contributed by atoms with Crippen molar-refractivity contribution in [1.29, 1.82) is 0 Å². The molecule has 4 rings (SSSR count). The Morgan fingerprint density at radius 3 is 2.39 bits per heavy atom. The van der Waals surface area contributed by atoms with Crippen molar-refractivity contribution in [3.63, 3.8) is 0 Å². The number of anilines is 1. The molecule has 144 valence electrons. The van der Waals surface area contributed by atoms with Crippen molar-refractivity contribution in [2.45, 2.75) is 13.8 Å². The van der Waals surface area contributed by atoms with Crippen LogP contribution in [0.5, 0.6) is 5.75 Å². The Morgan fingerprint density at radius 1 is 1.07 bits per heavy atom. The number of halogens is 1. The molecule has 4 aromatic rings. The van der Waals surface area contributed by atoms with Crippen LogP contribution in [0, 0.1) is 19.7 Å². The third kappa shape index (κ3) is 4.58. The topological polar surface area (TPSA) is 53.1 Å². The fraction of sp³-hybridized carbons (Fsp3) is 0.136. The van der Waals surface area contributed by atoms with Crippen molar-refractivity contribution >= 4 is 17.0 Å². The maximum Gasteiger partial charge on any atom is 0.144 e. The van der Waals surface area contributed by atoms with Crippen LogP contribution in [0.1, 0.15) is 10.6 Å². The van der Waals surface area contributed by atoms with Crippen LogP contribution in [0.3, 0.4) is 0 Å². The lowest BCUT2D eigenvalue weighted by Crippen LogP contribution is -1.96. The van der Waals surface area contributed by atoms with Crippen molar-refractivity contribution < 1.29 is 9.13 Å². The number of nitrogens with two attached hydrogens (primary N) is 1.